The average Bonchev–Trinajstić information content (AvgIpc) is 2.82. The Morgan fingerprint density at radius 3 is 2.75 bits per heavy atom. The van der Waals surface area contributed by atoms with Gasteiger partial charge in [-0.15, -0.1) is 0 Å². The van der Waals surface area contributed by atoms with Crippen molar-refractivity contribution < 1.29 is 4.74 Å². The minimum Gasteiger partial charge on any atom is -0.473 e. The van der Waals surface area contributed by atoms with E-state index >= 15 is 0 Å². The van der Waals surface area contributed by atoms with Gasteiger partial charge >= 0.3 is 0 Å². The number of aromatic nitrogens is 3. The molecule has 2 aromatic heterocycles. The first-order chi connectivity index (χ1) is 7.84. The van der Waals surface area contributed by atoms with Gasteiger partial charge in [0.1, 0.15) is 6.61 Å². The Hall–Kier alpha value is -1.84. The van der Waals surface area contributed by atoms with Gasteiger partial charge in [0.2, 0.25) is 5.88 Å². The van der Waals surface area contributed by atoms with Crippen LogP contribution in [-0.2, 0) is 6.61 Å². The maximum absolute atomic E-state index is 5.46. The normalized spacial score (nSPS) is 9.19. The third-order valence-corrected chi connectivity index (χ3v) is 1.80. The van der Waals surface area contributed by atoms with Gasteiger partial charge in [-0.05, 0) is 13.0 Å². The number of aromatic amines is 1. The summed E-state index contributed by atoms with van der Waals surface area (Å²) < 4.78 is 5.46. The van der Waals surface area contributed by atoms with Crippen LogP contribution in [0.3, 0.4) is 0 Å². The molecule has 0 fully saturated rings. The summed E-state index contributed by atoms with van der Waals surface area (Å²) in [4.78, 5) is 4.22. The van der Waals surface area contributed by atoms with E-state index in [4.69, 9.17) is 4.74 Å². The van der Waals surface area contributed by atoms with E-state index < -0.39 is 0 Å². The van der Waals surface area contributed by atoms with Gasteiger partial charge in [-0.25, -0.2) is 4.98 Å². The summed E-state index contributed by atoms with van der Waals surface area (Å²) in [7, 11) is 0. The van der Waals surface area contributed by atoms with Crippen LogP contribution in [-0.4, -0.2) is 15.2 Å². The Kier molecular flexibility index (Phi) is 5.05. The lowest BCUT2D eigenvalue weighted by molar-refractivity contribution is 0.293. The summed E-state index contributed by atoms with van der Waals surface area (Å²) in [5.41, 5.74) is 1.96. The number of rotatable bonds is 3. The smallest absolute Gasteiger partial charge is 0.213 e. The lowest BCUT2D eigenvalue weighted by Crippen LogP contribution is -1.96. The van der Waals surface area contributed by atoms with Gasteiger partial charge in [0, 0.05) is 23.5 Å². The van der Waals surface area contributed by atoms with Gasteiger partial charge < -0.3 is 4.74 Å². The van der Waals surface area contributed by atoms with Gasteiger partial charge in [-0.3, -0.25) is 5.10 Å². The zero-order chi connectivity index (χ0) is 11.8. The van der Waals surface area contributed by atoms with E-state index in [2.05, 4.69) is 15.2 Å². The molecule has 0 aromatic carbocycles. The number of ether oxygens (including phenoxy) is 1. The number of nitrogens with one attached hydrogen (secondary N) is 1. The molecule has 2 heterocycles. The molecule has 4 heteroatoms. The van der Waals surface area contributed by atoms with Crippen LogP contribution in [0, 0.1) is 6.92 Å². The van der Waals surface area contributed by atoms with E-state index in [0.717, 1.165) is 11.3 Å². The Balaban J connectivity index is 0.000000606. The zero-order valence-corrected chi connectivity index (χ0v) is 9.90. The van der Waals surface area contributed by atoms with Crippen molar-refractivity contribution in [1.29, 1.82) is 0 Å². The van der Waals surface area contributed by atoms with E-state index in [9.17, 15) is 0 Å². The molecule has 0 amide bonds. The van der Waals surface area contributed by atoms with Crippen molar-refractivity contribution in [2.24, 2.45) is 0 Å². The molecular weight excluding hydrogens is 202 g/mol. The Morgan fingerprint density at radius 1 is 1.31 bits per heavy atom. The van der Waals surface area contributed by atoms with E-state index in [-0.39, 0.29) is 0 Å². The van der Waals surface area contributed by atoms with Gasteiger partial charge in [-0.1, -0.05) is 19.9 Å². The fraction of sp³-hybridized carbons (Fsp3) is 0.333. The third kappa shape index (κ3) is 3.73. The second kappa shape index (κ2) is 6.61. The predicted molar refractivity (Wildman–Crippen MR) is 63.2 cm³/mol. The highest BCUT2D eigenvalue weighted by atomic mass is 16.5. The molecular formula is C12H17N3O. The first-order valence-corrected chi connectivity index (χ1v) is 5.39. The van der Waals surface area contributed by atoms with Gasteiger partial charge in [0.25, 0.3) is 0 Å². The predicted octanol–water partition coefficient (Wildman–Crippen LogP) is 2.72. The van der Waals surface area contributed by atoms with Crippen LogP contribution < -0.4 is 4.74 Å². The number of hydrogen-bond donors (Lipinski definition) is 1. The summed E-state index contributed by atoms with van der Waals surface area (Å²) >= 11 is 0. The largest absolute Gasteiger partial charge is 0.473 e. The monoisotopic (exact) mass is 219 g/mol. The Morgan fingerprint density at radius 2 is 2.12 bits per heavy atom. The molecule has 0 aliphatic rings. The molecule has 0 aliphatic carbocycles. The first-order valence-electron chi connectivity index (χ1n) is 5.39. The lowest BCUT2D eigenvalue weighted by atomic mass is 10.4. The van der Waals surface area contributed by atoms with Crippen molar-refractivity contribution in [3.8, 4) is 5.88 Å². The number of aryl methyl sites for hydroxylation is 1. The highest BCUT2D eigenvalue weighted by Gasteiger charge is 1.97. The molecule has 0 saturated carbocycles. The second-order valence-electron chi connectivity index (χ2n) is 3.01. The average molecular weight is 219 g/mol. The molecule has 86 valence electrons. The summed E-state index contributed by atoms with van der Waals surface area (Å²) in [6.07, 6.45) is 3.53. The molecule has 16 heavy (non-hydrogen) atoms. The molecule has 1 N–H and O–H groups in total. The number of H-pyrrole nitrogens is 1. The Bertz CT molecular complexity index is 398. The first kappa shape index (κ1) is 12.2. The molecule has 0 unspecified atom stereocenters. The van der Waals surface area contributed by atoms with Crippen LogP contribution in [0.1, 0.15) is 25.1 Å². The molecule has 0 spiro atoms. The molecule has 0 bridgehead atoms. The molecule has 0 aliphatic heterocycles. The minimum absolute atomic E-state index is 0.493. The van der Waals surface area contributed by atoms with Crippen LogP contribution in [0.4, 0.5) is 0 Å². The SMILES string of the molecule is CC.Cc1cccc(OCc2cn[nH]c2)n1. The standard InChI is InChI=1S/C10H11N3O.C2H6/c1-8-3-2-4-10(13-8)14-7-9-5-11-12-6-9;1-2/h2-6H,7H2,1H3,(H,11,12);1-2H3. The lowest BCUT2D eigenvalue weighted by Gasteiger charge is -2.03. The van der Waals surface area contributed by atoms with E-state index in [0.29, 0.717) is 12.5 Å². The molecule has 2 rings (SSSR count). The number of hydrogen-bond acceptors (Lipinski definition) is 3. The second-order valence-corrected chi connectivity index (χ2v) is 3.01. The van der Waals surface area contributed by atoms with Crippen LogP contribution in [0.5, 0.6) is 5.88 Å². The fourth-order valence-corrected chi connectivity index (χ4v) is 1.11. The van der Waals surface area contributed by atoms with Crippen LogP contribution in [0.2, 0.25) is 0 Å². The van der Waals surface area contributed by atoms with Crippen molar-refractivity contribution >= 4 is 0 Å². The van der Waals surface area contributed by atoms with Crippen molar-refractivity contribution in [3.63, 3.8) is 0 Å². The minimum atomic E-state index is 0.493. The summed E-state index contributed by atoms with van der Waals surface area (Å²) in [6.45, 7) is 6.43. The van der Waals surface area contributed by atoms with Crippen molar-refractivity contribution in [3.05, 3.63) is 41.9 Å². The van der Waals surface area contributed by atoms with Crippen molar-refractivity contribution in [1.82, 2.24) is 15.2 Å². The topological polar surface area (TPSA) is 50.8 Å². The summed E-state index contributed by atoms with van der Waals surface area (Å²) in [6, 6.07) is 5.70. The summed E-state index contributed by atoms with van der Waals surface area (Å²) in [5.74, 6) is 0.645. The van der Waals surface area contributed by atoms with Gasteiger partial charge in [0.15, 0.2) is 0 Å². The van der Waals surface area contributed by atoms with Crippen molar-refractivity contribution in [2.45, 2.75) is 27.4 Å². The Labute approximate surface area is 95.7 Å². The summed E-state index contributed by atoms with van der Waals surface area (Å²) in [5, 5.41) is 6.55. The highest BCUT2D eigenvalue weighted by Crippen LogP contribution is 2.08. The highest BCUT2D eigenvalue weighted by molar-refractivity contribution is 5.15. The maximum atomic E-state index is 5.46. The molecule has 4 nitrogen and oxygen atoms in total. The quantitative estimate of drug-likeness (QED) is 0.863. The van der Waals surface area contributed by atoms with Gasteiger partial charge in [-0.2, -0.15) is 5.10 Å². The van der Waals surface area contributed by atoms with E-state index in [1.54, 1.807) is 12.4 Å². The van der Waals surface area contributed by atoms with Crippen LogP contribution in [0.25, 0.3) is 0 Å². The molecule has 0 saturated heterocycles. The third-order valence-electron chi connectivity index (χ3n) is 1.80. The van der Waals surface area contributed by atoms with Gasteiger partial charge in [0.05, 0.1) is 6.20 Å². The van der Waals surface area contributed by atoms with Crippen LogP contribution in [0.15, 0.2) is 30.6 Å². The molecule has 0 radical (unpaired) electrons. The van der Waals surface area contributed by atoms with Crippen molar-refractivity contribution in [2.75, 3.05) is 0 Å². The maximum Gasteiger partial charge on any atom is 0.213 e. The molecule has 2 aromatic rings. The molecule has 0 atom stereocenters. The fourth-order valence-electron chi connectivity index (χ4n) is 1.11. The zero-order valence-electron chi connectivity index (χ0n) is 9.90. The number of nitrogens with zero attached hydrogens (tertiary/aromatic N) is 2. The van der Waals surface area contributed by atoms with Crippen LogP contribution >= 0.6 is 0 Å². The van der Waals surface area contributed by atoms with E-state index in [1.807, 2.05) is 39.0 Å². The number of pyridine rings is 1. The van der Waals surface area contributed by atoms with E-state index in [1.165, 1.54) is 0 Å².